The zero-order valence-corrected chi connectivity index (χ0v) is 13.3. The molecule has 2 heterocycles. The van der Waals surface area contributed by atoms with Crippen LogP contribution in [0.25, 0.3) is 0 Å². The molecular weight excluding hydrogens is 290 g/mol. The normalized spacial score (nSPS) is 19.0. The van der Waals surface area contributed by atoms with Gasteiger partial charge in [0.05, 0.1) is 6.54 Å². The van der Waals surface area contributed by atoms with Crippen LogP contribution >= 0.6 is 0 Å². The van der Waals surface area contributed by atoms with Crippen LogP contribution in [0.3, 0.4) is 0 Å². The Morgan fingerprint density at radius 1 is 1.13 bits per heavy atom. The largest absolute Gasteiger partial charge is 0.486 e. The number of hydrogen-bond acceptors (Lipinski definition) is 4. The average molecular weight is 313 g/mol. The molecule has 0 amide bonds. The molecule has 1 aliphatic carbocycles. The van der Waals surface area contributed by atoms with E-state index in [4.69, 9.17) is 9.47 Å². The Labute approximate surface area is 136 Å². The van der Waals surface area contributed by atoms with Gasteiger partial charge in [-0.25, -0.2) is 4.98 Å². The highest BCUT2D eigenvalue weighted by Gasteiger charge is 2.36. The number of nitrogens with zero attached hydrogens (tertiary/aromatic N) is 1. The first-order valence-corrected chi connectivity index (χ1v) is 8.45. The lowest BCUT2D eigenvalue weighted by molar-refractivity contribution is 0.171. The molecule has 2 aliphatic rings. The molecule has 0 unspecified atom stereocenters. The van der Waals surface area contributed by atoms with Crippen LogP contribution in [0, 0.1) is 0 Å². The monoisotopic (exact) mass is 313 g/mol. The Balaban J connectivity index is 1.52. The topological polar surface area (TPSA) is 59.2 Å². The van der Waals surface area contributed by atoms with Crippen molar-refractivity contribution in [2.45, 2.75) is 37.6 Å². The van der Waals surface area contributed by atoms with Crippen LogP contribution in [-0.4, -0.2) is 29.7 Å². The Hall–Kier alpha value is -2.01. The van der Waals surface area contributed by atoms with Gasteiger partial charge in [-0.15, -0.1) is 0 Å². The van der Waals surface area contributed by atoms with E-state index in [9.17, 15) is 0 Å². The van der Waals surface area contributed by atoms with Crippen molar-refractivity contribution in [3.05, 3.63) is 42.0 Å². The van der Waals surface area contributed by atoms with E-state index in [1.54, 1.807) is 6.20 Å². The van der Waals surface area contributed by atoms with Gasteiger partial charge in [0, 0.05) is 24.4 Å². The van der Waals surface area contributed by atoms with Crippen molar-refractivity contribution in [3.8, 4) is 11.5 Å². The highest BCUT2D eigenvalue weighted by molar-refractivity contribution is 5.46. The molecule has 1 aliphatic heterocycles. The molecule has 0 atom stereocenters. The number of fused-ring (bicyclic) bond motifs is 1. The molecule has 2 N–H and O–H groups in total. The summed E-state index contributed by atoms with van der Waals surface area (Å²) >= 11 is 0. The summed E-state index contributed by atoms with van der Waals surface area (Å²) in [6.07, 6.45) is 8.68. The van der Waals surface area contributed by atoms with Crippen molar-refractivity contribution in [2.75, 3.05) is 19.8 Å². The molecule has 1 aromatic carbocycles. The fourth-order valence-electron chi connectivity index (χ4n) is 3.81. The van der Waals surface area contributed by atoms with Gasteiger partial charge in [-0.2, -0.15) is 0 Å². The lowest BCUT2D eigenvalue weighted by Crippen LogP contribution is -2.36. The van der Waals surface area contributed by atoms with Crippen LogP contribution in [0.2, 0.25) is 0 Å². The number of H-pyrrole nitrogens is 1. The number of ether oxygens (including phenoxy) is 2. The first-order valence-electron chi connectivity index (χ1n) is 8.45. The van der Waals surface area contributed by atoms with Crippen molar-refractivity contribution in [1.82, 2.24) is 15.3 Å². The van der Waals surface area contributed by atoms with Crippen LogP contribution in [0.1, 0.15) is 37.1 Å². The molecule has 5 heteroatoms. The van der Waals surface area contributed by atoms with Gasteiger partial charge in [0.2, 0.25) is 0 Å². The van der Waals surface area contributed by atoms with E-state index in [-0.39, 0.29) is 5.41 Å². The zero-order valence-electron chi connectivity index (χ0n) is 13.3. The third-order valence-corrected chi connectivity index (χ3v) is 5.03. The Kier molecular flexibility index (Phi) is 3.95. The number of benzene rings is 1. The van der Waals surface area contributed by atoms with E-state index >= 15 is 0 Å². The summed E-state index contributed by atoms with van der Waals surface area (Å²) in [5, 5.41) is 3.58. The summed E-state index contributed by atoms with van der Waals surface area (Å²) in [4.78, 5) is 7.42. The number of aromatic nitrogens is 2. The quantitative estimate of drug-likeness (QED) is 0.891. The predicted octanol–water partition coefficient (Wildman–Crippen LogP) is 2.78. The van der Waals surface area contributed by atoms with Gasteiger partial charge in [0.15, 0.2) is 11.5 Å². The minimum atomic E-state index is 0.197. The SMILES string of the molecule is c1c[nH]c(CNCC2(c3ccc4c(c3)OCCO4)CCCC2)n1. The van der Waals surface area contributed by atoms with E-state index in [1.807, 2.05) is 6.20 Å². The molecule has 0 bridgehead atoms. The molecule has 1 saturated carbocycles. The molecule has 122 valence electrons. The summed E-state index contributed by atoms with van der Waals surface area (Å²) in [6.45, 7) is 3.02. The minimum absolute atomic E-state index is 0.197. The third kappa shape index (κ3) is 2.93. The highest BCUT2D eigenvalue weighted by atomic mass is 16.6. The molecule has 5 nitrogen and oxygen atoms in total. The fraction of sp³-hybridized carbons (Fsp3) is 0.500. The van der Waals surface area contributed by atoms with E-state index in [1.165, 1.54) is 31.2 Å². The summed E-state index contributed by atoms with van der Waals surface area (Å²) in [7, 11) is 0. The Morgan fingerprint density at radius 2 is 1.96 bits per heavy atom. The van der Waals surface area contributed by atoms with Crippen molar-refractivity contribution in [2.24, 2.45) is 0 Å². The summed E-state index contributed by atoms with van der Waals surface area (Å²) < 4.78 is 11.4. The van der Waals surface area contributed by atoms with Crippen LogP contribution in [-0.2, 0) is 12.0 Å². The first-order chi connectivity index (χ1) is 11.4. The fourth-order valence-corrected chi connectivity index (χ4v) is 3.81. The van der Waals surface area contributed by atoms with E-state index < -0.39 is 0 Å². The molecule has 1 fully saturated rings. The van der Waals surface area contributed by atoms with Crippen molar-refractivity contribution >= 4 is 0 Å². The van der Waals surface area contributed by atoms with Gasteiger partial charge in [-0.1, -0.05) is 18.9 Å². The standard InChI is InChI=1S/C18H23N3O2/c1-2-6-18(5-1,13-19-12-17-20-7-8-21-17)14-3-4-15-16(11-14)23-10-9-22-15/h3-4,7-8,11,19H,1-2,5-6,9-10,12-13H2,(H,20,21). The third-order valence-electron chi connectivity index (χ3n) is 5.03. The number of nitrogens with one attached hydrogen (secondary N) is 2. The maximum atomic E-state index is 5.77. The highest BCUT2D eigenvalue weighted by Crippen LogP contribution is 2.43. The van der Waals surface area contributed by atoms with Crippen molar-refractivity contribution in [3.63, 3.8) is 0 Å². The van der Waals surface area contributed by atoms with E-state index in [2.05, 4.69) is 33.5 Å². The Morgan fingerprint density at radius 3 is 2.74 bits per heavy atom. The lowest BCUT2D eigenvalue weighted by Gasteiger charge is -2.31. The number of hydrogen-bond donors (Lipinski definition) is 2. The molecule has 23 heavy (non-hydrogen) atoms. The van der Waals surface area contributed by atoms with Crippen LogP contribution in [0.4, 0.5) is 0 Å². The van der Waals surface area contributed by atoms with Gasteiger partial charge < -0.3 is 19.8 Å². The zero-order chi connectivity index (χ0) is 15.5. The van der Waals surface area contributed by atoms with Gasteiger partial charge >= 0.3 is 0 Å². The van der Waals surface area contributed by atoms with Crippen LogP contribution in [0.15, 0.2) is 30.6 Å². The number of aromatic amines is 1. The smallest absolute Gasteiger partial charge is 0.161 e. The predicted molar refractivity (Wildman–Crippen MR) is 87.9 cm³/mol. The molecule has 1 aromatic heterocycles. The molecular formula is C18H23N3O2. The van der Waals surface area contributed by atoms with Crippen LogP contribution in [0.5, 0.6) is 11.5 Å². The van der Waals surface area contributed by atoms with E-state index in [0.29, 0.717) is 13.2 Å². The molecule has 4 rings (SSSR count). The second-order valence-corrected chi connectivity index (χ2v) is 6.49. The number of imidazole rings is 1. The number of rotatable bonds is 5. The van der Waals surface area contributed by atoms with E-state index in [0.717, 1.165) is 30.4 Å². The van der Waals surface area contributed by atoms with Gasteiger partial charge in [-0.3, -0.25) is 0 Å². The van der Waals surface area contributed by atoms with Gasteiger partial charge in [0.25, 0.3) is 0 Å². The molecule has 0 saturated heterocycles. The summed E-state index contributed by atoms with van der Waals surface area (Å²) in [5.74, 6) is 2.75. The van der Waals surface area contributed by atoms with Gasteiger partial charge in [-0.05, 0) is 30.5 Å². The van der Waals surface area contributed by atoms with Crippen molar-refractivity contribution < 1.29 is 9.47 Å². The molecule has 0 radical (unpaired) electrons. The first kappa shape index (κ1) is 14.6. The van der Waals surface area contributed by atoms with Gasteiger partial charge in [0.1, 0.15) is 19.0 Å². The summed E-state index contributed by atoms with van der Waals surface area (Å²) in [5.41, 5.74) is 1.56. The Bertz CT molecular complexity index is 648. The van der Waals surface area contributed by atoms with Crippen LogP contribution < -0.4 is 14.8 Å². The second kappa shape index (κ2) is 6.24. The van der Waals surface area contributed by atoms with Crippen molar-refractivity contribution in [1.29, 1.82) is 0 Å². The summed E-state index contributed by atoms with van der Waals surface area (Å²) in [6, 6.07) is 6.47. The minimum Gasteiger partial charge on any atom is -0.486 e. The maximum Gasteiger partial charge on any atom is 0.161 e. The lowest BCUT2D eigenvalue weighted by atomic mass is 9.78. The second-order valence-electron chi connectivity index (χ2n) is 6.49. The molecule has 2 aromatic rings. The molecule has 0 spiro atoms. The maximum absolute atomic E-state index is 5.77. The average Bonchev–Trinajstić information content (AvgIpc) is 3.27.